The third-order valence-corrected chi connectivity index (χ3v) is 6.48. The third-order valence-electron chi connectivity index (χ3n) is 4.00. The van der Waals surface area contributed by atoms with Gasteiger partial charge in [-0.1, -0.05) is 13.0 Å². The average Bonchev–Trinajstić information content (AvgIpc) is 3.14. The van der Waals surface area contributed by atoms with Crippen molar-refractivity contribution >= 4 is 32.8 Å². The summed E-state index contributed by atoms with van der Waals surface area (Å²) in [6, 6.07) is 5.79. The van der Waals surface area contributed by atoms with Crippen LogP contribution in [0.25, 0.3) is 0 Å². The Labute approximate surface area is 146 Å². The van der Waals surface area contributed by atoms with E-state index in [1.807, 2.05) is 25.1 Å². The quantitative estimate of drug-likeness (QED) is 0.855. The lowest BCUT2D eigenvalue weighted by molar-refractivity contribution is -0.113. The monoisotopic (exact) mass is 364 g/mol. The number of amides is 1. The molecule has 0 spiro atoms. The van der Waals surface area contributed by atoms with E-state index in [1.165, 1.54) is 22.5 Å². The number of sulfone groups is 1. The molecule has 0 radical (unpaired) electrons. The molecule has 1 N–H and O–H groups in total. The maximum absolute atomic E-state index is 12.2. The fourth-order valence-electron chi connectivity index (χ4n) is 2.90. The van der Waals surface area contributed by atoms with E-state index in [9.17, 15) is 13.2 Å². The van der Waals surface area contributed by atoms with Crippen molar-refractivity contribution in [2.24, 2.45) is 0 Å². The van der Waals surface area contributed by atoms with Crippen molar-refractivity contribution in [2.75, 3.05) is 11.1 Å². The van der Waals surface area contributed by atoms with Gasteiger partial charge in [-0.05, 0) is 48.9 Å². The highest BCUT2D eigenvalue weighted by Crippen LogP contribution is 2.25. The highest BCUT2D eigenvalue weighted by atomic mass is 32.2. The van der Waals surface area contributed by atoms with Crippen LogP contribution < -0.4 is 5.32 Å². The van der Waals surface area contributed by atoms with Crippen LogP contribution in [0.15, 0.2) is 23.6 Å². The van der Waals surface area contributed by atoms with E-state index in [4.69, 9.17) is 0 Å². The Morgan fingerprint density at radius 3 is 2.83 bits per heavy atom. The first-order chi connectivity index (χ1) is 11.4. The number of thiazole rings is 1. The van der Waals surface area contributed by atoms with E-state index in [0.717, 1.165) is 30.7 Å². The number of rotatable bonds is 6. The zero-order chi connectivity index (χ0) is 17.2. The summed E-state index contributed by atoms with van der Waals surface area (Å²) < 4.78 is 24.4. The summed E-state index contributed by atoms with van der Waals surface area (Å²) in [6.07, 6.45) is 4.00. The van der Waals surface area contributed by atoms with Gasteiger partial charge in [0.15, 0.2) is 9.84 Å². The van der Waals surface area contributed by atoms with Crippen LogP contribution in [0.1, 0.15) is 35.2 Å². The van der Waals surface area contributed by atoms with Crippen molar-refractivity contribution in [3.05, 3.63) is 45.4 Å². The Morgan fingerprint density at radius 2 is 2.08 bits per heavy atom. The van der Waals surface area contributed by atoms with E-state index in [0.29, 0.717) is 11.4 Å². The fraction of sp³-hybridized carbons (Fsp3) is 0.412. The van der Waals surface area contributed by atoms with Gasteiger partial charge in [0.05, 0.1) is 16.5 Å². The van der Waals surface area contributed by atoms with Crippen molar-refractivity contribution < 1.29 is 13.2 Å². The second kappa shape index (κ2) is 7.03. The molecule has 1 amide bonds. The lowest BCUT2D eigenvalue weighted by Crippen LogP contribution is -2.24. The molecule has 0 saturated carbocycles. The number of benzene rings is 1. The number of carbonyl (C=O) groups excluding carboxylic acids is 1. The number of nitrogens with one attached hydrogen (secondary N) is 1. The lowest BCUT2D eigenvalue weighted by Gasteiger charge is -2.08. The number of anilines is 1. The smallest absolute Gasteiger partial charge is 0.239 e. The number of aryl methyl sites for hydroxylation is 3. The molecule has 2 aromatic rings. The molecular formula is C17H20N2O3S2. The van der Waals surface area contributed by atoms with Gasteiger partial charge < -0.3 is 5.32 Å². The second-order valence-corrected chi connectivity index (χ2v) is 9.01. The molecule has 0 saturated heterocycles. The van der Waals surface area contributed by atoms with Gasteiger partial charge in [-0.15, -0.1) is 11.3 Å². The Morgan fingerprint density at radius 1 is 1.29 bits per heavy atom. The maximum atomic E-state index is 12.2. The average molecular weight is 364 g/mol. The fourth-order valence-corrected chi connectivity index (χ4v) is 4.92. The number of hydrogen-bond donors (Lipinski definition) is 1. The summed E-state index contributed by atoms with van der Waals surface area (Å²) in [5, 5.41) is 5.34. The van der Waals surface area contributed by atoms with E-state index < -0.39 is 21.5 Å². The Hall–Kier alpha value is -1.73. The van der Waals surface area contributed by atoms with Crippen LogP contribution in [0.4, 0.5) is 5.69 Å². The predicted molar refractivity (Wildman–Crippen MR) is 96.1 cm³/mol. The predicted octanol–water partition coefficient (Wildman–Crippen LogP) is 2.75. The van der Waals surface area contributed by atoms with Crippen molar-refractivity contribution in [2.45, 2.75) is 38.4 Å². The largest absolute Gasteiger partial charge is 0.325 e. The molecule has 7 heteroatoms. The third kappa shape index (κ3) is 4.21. The Balaban J connectivity index is 1.61. The summed E-state index contributed by atoms with van der Waals surface area (Å²) in [5.74, 6) is -1.22. The van der Waals surface area contributed by atoms with Crippen LogP contribution in [-0.2, 0) is 39.6 Å². The minimum Gasteiger partial charge on any atom is -0.325 e. The van der Waals surface area contributed by atoms with Crippen molar-refractivity contribution in [1.82, 2.24) is 4.98 Å². The number of fused-ring (bicyclic) bond motifs is 1. The first-order valence-electron chi connectivity index (χ1n) is 8.00. The molecule has 1 aromatic heterocycles. The van der Waals surface area contributed by atoms with Gasteiger partial charge in [-0.2, -0.15) is 0 Å². The number of carbonyl (C=O) groups is 1. The molecule has 5 nitrogen and oxygen atoms in total. The van der Waals surface area contributed by atoms with Crippen LogP contribution in [0, 0.1) is 0 Å². The summed E-state index contributed by atoms with van der Waals surface area (Å²) in [6.45, 7) is 1.97. The second-order valence-electron chi connectivity index (χ2n) is 6.00. The van der Waals surface area contributed by atoms with Crippen LogP contribution in [-0.4, -0.2) is 25.1 Å². The molecule has 1 aliphatic carbocycles. The maximum Gasteiger partial charge on any atom is 0.239 e. The summed E-state index contributed by atoms with van der Waals surface area (Å²) in [7, 11) is -3.53. The first kappa shape index (κ1) is 17.1. The zero-order valence-electron chi connectivity index (χ0n) is 13.5. The number of hydrogen-bond acceptors (Lipinski definition) is 5. The van der Waals surface area contributed by atoms with Gasteiger partial charge in [-0.25, -0.2) is 13.4 Å². The molecule has 0 atom stereocenters. The molecule has 0 fully saturated rings. The normalized spacial score (nSPS) is 13.7. The van der Waals surface area contributed by atoms with Gasteiger partial charge in [0.1, 0.15) is 5.75 Å². The van der Waals surface area contributed by atoms with Crippen molar-refractivity contribution in [1.29, 1.82) is 0 Å². The Bertz CT molecular complexity index is 856. The summed E-state index contributed by atoms with van der Waals surface area (Å²) in [4.78, 5) is 16.3. The summed E-state index contributed by atoms with van der Waals surface area (Å²) in [5.41, 5.74) is 3.74. The molecular weight excluding hydrogens is 344 g/mol. The molecule has 1 heterocycles. The van der Waals surface area contributed by atoms with Gasteiger partial charge in [0, 0.05) is 11.1 Å². The molecule has 0 bridgehead atoms. The molecule has 24 heavy (non-hydrogen) atoms. The van der Waals surface area contributed by atoms with Crippen molar-refractivity contribution in [3.63, 3.8) is 0 Å². The molecule has 0 aliphatic heterocycles. The number of nitrogens with zero attached hydrogens (tertiary/aromatic N) is 1. The van der Waals surface area contributed by atoms with E-state index in [2.05, 4.69) is 10.3 Å². The van der Waals surface area contributed by atoms with Gasteiger partial charge in [-0.3, -0.25) is 4.79 Å². The molecule has 3 rings (SSSR count). The van der Waals surface area contributed by atoms with Crippen LogP contribution in [0.3, 0.4) is 0 Å². The highest BCUT2D eigenvalue weighted by molar-refractivity contribution is 7.91. The topological polar surface area (TPSA) is 76.1 Å². The van der Waals surface area contributed by atoms with E-state index in [-0.39, 0.29) is 5.75 Å². The van der Waals surface area contributed by atoms with Gasteiger partial charge >= 0.3 is 0 Å². The minimum absolute atomic E-state index is 0.193. The van der Waals surface area contributed by atoms with Crippen LogP contribution in [0.2, 0.25) is 0 Å². The molecule has 0 unspecified atom stereocenters. The van der Waals surface area contributed by atoms with E-state index >= 15 is 0 Å². The lowest BCUT2D eigenvalue weighted by atomic mass is 10.1. The van der Waals surface area contributed by atoms with Crippen LogP contribution in [0.5, 0.6) is 0 Å². The number of aromatic nitrogens is 1. The van der Waals surface area contributed by atoms with Gasteiger partial charge in [0.2, 0.25) is 5.91 Å². The highest BCUT2D eigenvalue weighted by Gasteiger charge is 2.20. The molecule has 1 aliphatic rings. The minimum atomic E-state index is -3.53. The first-order valence-corrected chi connectivity index (χ1v) is 10.7. The Kier molecular flexibility index (Phi) is 5.01. The SMILES string of the molecule is CCc1nc(CS(=O)(=O)CC(=O)Nc2ccc3c(c2)CCC3)cs1. The zero-order valence-corrected chi connectivity index (χ0v) is 15.2. The standard InChI is InChI=1S/C17H20N2O3S2/c1-2-17-19-15(9-23-17)10-24(21,22)11-16(20)18-14-7-6-12-4-3-5-13(12)8-14/h6-9H,2-5,10-11H2,1H3,(H,18,20). The van der Waals surface area contributed by atoms with Gasteiger partial charge in [0.25, 0.3) is 0 Å². The van der Waals surface area contributed by atoms with E-state index in [1.54, 1.807) is 5.38 Å². The molecule has 128 valence electrons. The molecule has 1 aromatic carbocycles. The summed E-state index contributed by atoms with van der Waals surface area (Å²) >= 11 is 1.45. The van der Waals surface area contributed by atoms with Crippen LogP contribution >= 0.6 is 11.3 Å². The van der Waals surface area contributed by atoms with Crippen molar-refractivity contribution in [3.8, 4) is 0 Å².